The summed E-state index contributed by atoms with van der Waals surface area (Å²) in [5.41, 5.74) is 3.53. The van der Waals surface area contributed by atoms with Crippen LogP contribution in [0.1, 0.15) is 5.56 Å². The van der Waals surface area contributed by atoms with Gasteiger partial charge in [-0.25, -0.2) is 0 Å². The van der Waals surface area contributed by atoms with Crippen molar-refractivity contribution in [2.45, 2.75) is 0 Å². The lowest BCUT2D eigenvalue weighted by molar-refractivity contribution is 0.887. The molecule has 3 rings (SSSR count). The van der Waals surface area contributed by atoms with E-state index in [1.165, 1.54) is 5.56 Å². The summed E-state index contributed by atoms with van der Waals surface area (Å²) in [5.74, 6) is 0. The normalized spacial score (nSPS) is 14.2. The third kappa shape index (κ3) is 1.58. The van der Waals surface area contributed by atoms with Gasteiger partial charge >= 0.3 is 0 Å². The van der Waals surface area contributed by atoms with Gasteiger partial charge in [-0.05, 0) is 17.7 Å². The molecule has 2 heteroatoms. The SMILES string of the molecule is c1ccc(C2=NN(c3ccccc3)C2)cc1. The smallest absolute Gasteiger partial charge is 0.0897 e. The maximum atomic E-state index is 4.51. The lowest BCUT2D eigenvalue weighted by atomic mass is 10.1. The fourth-order valence-corrected chi connectivity index (χ4v) is 1.81. The van der Waals surface area contributed by atoms with Crippen molar-refractivity contribution in [1.29, 1.82) is 0 Å². The number of nitrogens with zero attached hydrogens (tertiary/aromatic N) is 2. The predicted molar refractivity (Wildman–Crippen MR) is 66.8 cm³/mol. The average molecular weight is 208 g/mol. The van der Waals surface area contributed by atoms with Gasteiger partial charge in [0.1, 0.15) is 0 Å². The van der Waals surface area contributed by atoms with Gasteiger partial charge in [0, 0.05) is 0 Å². The van der Waals surface area contributed by atoms with E-state index < -0.39 is 0 Å². The highest BCUT2D eigenvalue weighted by molar-refractivity contribution is 6.07. The number of hydrogen-bond acceptors (Lipinski definition) is 2. The van der Waals surface area contributed by atoms with Crippen LogP contribution in [0, 0.1) is 0 Å². The van der Waals surface area contributed by atoms with Crippen molar-refractivity contribution < 1.29 is 0 Å². The molecule has 2 aromatic carbocycles. The molecule has 78 valence electrons. The average Bonchev–Trinajstić information content (AvgIpc) is 2.30. The third-order valence-corrected chi connectivity index (χ3v) is 2.70. The molecule has 0 saturated heterocycles. The van der Waals surface area contributed by atoms with Crippen molar-refractivity contribution in [2.24, 2.45) is 5.10 Å². The Morgan fingerprint density at radius 1 is 0.812 bits per heavy atom. The van der Waals surface area contributed by atoms with Gasteiger partial charge in [0.2, 0.25) is 0 Å². The molecule has 1 aliphatic heterocycles. The standard InChI is InChI=1S/C14H12N2/c1-3-7-12(8-4-1)14-11-16(15-14)13-9-5-2-6-10-13/h1-10H,11H2. The Kier molecular flexibility index (Phi) is 2.18. The first-order valence-electron chi connectivity index (χ1n) is 5.39. The summed E-state index contributed by atoms with van der Waals surface area (Å²) in [5, 5.41) is 6.53. The fraction of sp³-hybridized carbons (Fsp3) is 0.0714. The molecular formula is C14H12N2. The maximum Gasteiger partial charge on any atom is 0.0897 e. The summed E-state index contributed by atoms with van der Waals surface area (Å²) < 4.78 is 0. The van der Waals surface area contributed by atoms with Crippen LogP contribution in [0.25, 0.3) is 0 Å². The monoisotopic (exact) mass is 208 g/mol. The van der Waals surface area contributed by atoms with Crippen molar-refractivity contribution in [3.63, 3.8) is 0 Å². The van der Waals surface area contributed by atoms with Crippen LogP contribution >= 0.6 is 0 Å². The molecule has 2 nitrogen and oxygen atoms in total. The van der Waals surface area contributed by atoms with Crippen molar-refractivity contribution in [3.05, 3.63) is 66.2 Å². The zero-order valence-electron chi connectivity index (χ0n) is 8.88. The molecule has 0 bridgehead atoms. The van der Waals surface area contributed by atoms with Gasteiger partial charge in [-0.2, -0.15) is 5.10 Å². The second-order valence-electron chi connectivity index (χ2n) is 3.81. The van der Waals surface area contributed by atoms with Crippen LogP contribution in [-0.4, -0.2) is 12.3 Å². The largest absolute Gasteiger partial charge is 0.259 e. The third-order valence-electron chi connectivity index (χ3n) is 2.70. The van der Waals surface area contributed by atoms with E-state index in [-0.39, 0.29) is 0 Å². The number of benzene rings is 2. The van der Waals surface area contributed by atoms with Gasteiger partial charge in [0.15, 0.2) is 0 Å². The predicted octanol–water partition coefficient (Wildman–Crippen LogP) is 2.91. The molecule has 0 atom stereocenters. The highest BCUT2D eigenvalue weighted by Crippen LogP contribution is 2.21. The molecule has 0 aliphatic carbocycles. The van der Waals surface area contributed by atoms with Crippen molar-refractivity contribution in [1.82, 2.24) is 0 Å². The summed E-state index contributed by atoms with van der Waals surface area (Å²) in [6.07, 6.45) is 0. The van der Waals surface area contributed by atoms with Crippen LogP contribution in [0.15, 0.2) is 65.8 Å². The molecule has 0 aromatic heterocycles. The number of rotatable bonds is 2. The number of hydrogen-bond donors (Lipinski definition) is 0. The van der Waals surface area contributed by atoms with E-state index in [9.17, 15) is 0 Å². The van der Waals surface area contributed by atoms with Crippen LogP contribution in [0.2, 0.25) is 0 Å². The minimum Gasteiger partial charge on any atom is -0.259 e. The summed E-state index contributed by atoms with van der Waals surface area (Å²) >= 11 is 0. The minimum atomic E-state index is 0.897. The highest BCUT2D eigenvalue weighted by Gasteiger charge is 2.19. The molecule has 0 unspecified atom stereocenters. The number of para-hydroxylation sites is 1. The van der Waals surface area contributed by atoms with Crippen molar-refractivity contribution in [2.75, 3.05) is 11.6 Å². The van der Waals surface area contributed by atoms with Gasteiger partial charge in [-0.3, -0.25) is 5.01 Å². The summed E-state index contributed by atoms with van der Waals surface area (Å²) in [4.78, 5) is 0. The van der Waals surface area contributed by atoms with E-state index in [1.807, 2.05) is 41.4 Å². The molecule has 0 N–H and O–H groups in total. The summed E-state index contributed by atoms with van der Waals surface area (Å²) in [6.45, 7) is 0.897. The Bertz CT molecular complexity index is 503. The summed E-state index contributed by atoms with van der Waals surface area (Å²) in [7, 11) is 0. The first kappa shape index (κ1) is 9.16. The van der Waals surface area contributed by atoms with E-state index in [0.29, 0.717) is 0 Å². The molecule has 1 heterocycles. The van der Waals surface area contributed by atoms with Crippen molar-refractivity contribution in [3.8, 4) is 0 Å². The molecule has 0 saturated carbocycles. The van der Waals surface area contributed by atoms with E-state index in [1.54, 1.807) is 0 Å². The number of anilines is 1. The minimum absolute atomic E-state index is 0.897. The van der Waals surface area contributed by atoms with E-state index in [0.717, 1.165) is 17.9 Å². The first-order chi connectivity index (χ1) is 7.93. The zero-order chi connectivity index (χ0) is 10.8. The Morgan fingerprint density at radius 2 is 1.38 bits per heavy atom. The molecule has 16 heavy (non-hydrogen) atoms. The molecule has 0 radical (unpaired) electrons. The fourth-order valence-electron chi connectivity index (χ4n) is 1.81. The Labute approximate surface area is 94.8 Å². The van der Waals surface area contributed by atoms with Crippen LogP contribution in [0.4, 0.5) is 5.69 Å². The quantitative estimate of drug-likeness (QED) is 0.741. The van der Waals surface area contributed by atoms with Crippen molar-refractivity contribution >= 4 is 11.4 Å². The number of hydrazone groups is 1. The van der Waals surface area contributed by atoms with Gasteiger partial charge in [-0.1, -0.05) is 48.5 Å². The van der Waals surface area contributed by atoms with E-state index >= 15 is 0 Å². The molecular weight excluding hydrogens is 196 g/mol. The van der Waals surface area contributed by atoms with Gasteiger partial charge < -0.3 is 0 Å². The van der Waals surface area contributed by atoms with Crippen LogP contribution in [-0.2, 0) is 0 Å². The maximum absolute atomic E-state index is 4.51. The lowest BCUT2D eigenvalue weighted by Gasteiger charge is -2.29. The molecule has 0 fully saturated rings. The Hall–Kier alpha value is -2.09. The van der Waals surface area contributed by atoms with E-state index in [2.05, 4.69) is 29.4 Å². The highest BCUT2D eigenvalue weighted by atomic mass is 15.5. The Morgan fingerprint density at radius 3 is 2.00 bits per heavy atom. The van der Waals surface area contributed by atoms with Gasteiger partial charge in [-0.15, -0.1) is 0 Å². The van der Waals surface area contributed by atoms with Crippen LogP contribution < -0.4 is 5.01 Å². The second kappa shape index (κ2) is 3.81. The van der Waals surface area contributed by atoms with Gasteiger partial charge in [0.05, 0.1) is 17.9 Å². The molecule has 0 amide bonds. The van der Waals surface area contributed by atoms with E-state index in [4.69, 9.17) is 0 Å². The molecule has 1 aliphatic rings. The molecule has 0 spiro atoms. The van der Waals surface area contributed by atoms with Gasteiger partial charge in [0.25, 0.3) is 0 Å². The van der Waals surface area contributed by atoms with Crippen LogP contribution in [0.3, 0.4) is 0 Å². The topological polar surface area (TPSA) is 15.6 Å². The van der Waals surface area contributed by atoms with Crippen LogP contribution in [0.5, 0.6) is 0 Å². The summed E-state index contributed by atoms with van der Waals surface area (Å²) in [6, 6.07) is 20.5. The molecule has 2 aromatic rings. The zero-order valence-corrected chi connectivity index (χ0v) is 8.88. The second-order valence-corrected chi connectivity index (χ2v) is 3.81. The Balaban J connectivity index is 1.81. The first-order valence-corrected chi connectivity index (χ1v) is 5.39. The lowest BCUT2D eigenvalue weighted by Crippen LogP contribution is -2.36.